The molecule has 0 bridgehead atoms. The summed E-state index contributed by atoms with van der Waals surface area (Å²) in [6, 6.07) is 9.72. The van der Waals surface area contributed by atoms with E-state index in [-0.39, 0.29) is 18.1 Å². The van der Waals surface area contributed by atoms with Crippen LogP contribution in [0.2, 0.25) is 0 Å². The van der Waals surface area contributed by atoms with Gasteiger partial charge in [0.15, 0.2) is 0 Å². The second kappa shape index (κ2) is 5.12. The van der Waals surface area contributed by atoms with Gasteiger partial charge in [0, 0.05) is 0 Å². The first-order valence-electron chi connectivity index (χ1n) is 6.01. The lowest BCUT2D eigenvalue weighted by Gasteiger charge is -2.11. The summed E-state index contributed by atoms with van der Waals surface area (Å²) in [5.74, 6) is -0.139. The van der Waals surface area contributed by atoms with Gasteiger partial charge in [-0.3, -0.25) is 4.57 Å². The second-order valence-corrected chi connectivity index (χ2v) is 4.48. The van der Waals surface area contributed by atoms with E-state index >= 15 is 0 Å². The molecular weight excluding hydrogens is 230 g/mol. The highest BCUT2D eigenvalue weighted by Gasteiger charge is 2.14. The number of ether oxygens (including phenoxy) is 1. The summed E-state index contributed by atoms with van der Waals surface area (Å²) in [5, 5.41) is 0. The van der Waals surface area contributed by atoms with Crippen LogP contribution >= 0.6 is 0 Å². The van der Waals surface area contributed by atoms with Gasteiger partial charge in [-0.1, -0.05) is 30.3 Å². The Morgan fingerprint density at radius 1 is 1.17 bits per heavy atom. The smallest absolute Gasteiger partial charge is 0.422 e. The maximum Gasteiger partial charge on any atom is 0.422 e. The molecule has 4 heteroatoms. The molecule has 1 atom stereocenters. The zero-order valence-electron chi connectivity index (χ0n) is 10.8. The topological polar surface area (TPSA) is 44.4 Å². The monoisotopic (exact) mass is 247 g/mol. The van der Waals surface area contributed by atoms with Gasteiger partial charge in [0.2, 0.25) is 0 Å². The summed E-state index contributed by atoms with van der Waals surface area (Å²) in [5.41, 5.74) is 1.05. The lowest BCUT2D eigenvalue weighted by Crippen LogP contribution is -2.18. The number of hydrogen-bond acceptors (Lipinski definition) is 3. The van der Waals surface area contributed by atoms with Crippen LogP contribution in [-0.4, -0.2) is 10.7 Å². The highest BCUT2D eigenvalue weighted by atomic mass is 16.6. The molecule has 0 aliphatic carbocycles. The molecule has 0 aliphatic heterocycles. The molecule has 0 fully saturated rings. The first-order chi connectivity index (χ1) is 8.58. The molecule has 2 aromatic rings. The van der Waals surface area contributed by atoms with Gasteiger partial charge < -0.3 is 9.15 Å². The maximum atomic E-state index is 11.8. The van der Waals surface area contributed by atoms with E-state index in [1.165, 1.54) is 4.57 Å². The van der Waals surface area contributed by atoms with Crippen LogP contribution in [0, 0.1) is 0 Å². The first-order valence-corrected chi connectivity index (χ1v) is 6.01. The zero-order valence-corrected chi connectivity index (χ0v) is 10.8. The third-order valence-corrected chi connectivity index (χ3v) is 2.69. The van der Waals surface area contributed by atoms with E-state index in [1.54, 1.807) is 6.20 Å². The largest absolute Gasteiger partial charge is 0.461 e. The fourth-order valence-corrected chi connectivity index (χ4v) is 1.78. The summed E-state index contributed by atoms with van der Waals surface area (Å²) in [6.07, 6.45) is 1.59. The Morgan fingerprint density at radius 3 is 2.44 bits per heavy atom. The summed E-state index contributed by atoms with van der Waals surface area (Å²) >= 11 is 0. The minimum Gasteiger partial charge on any atom is -0.461 e. The van der Waals surface area contributed by atoms with E-state index in [9.17, 15) is 4.79 Å². The van der Waals surface area contributed by atoms with Gasteiger partial charge in [0.25, 0.3) is 0 Å². The number of oxazole rings is 1. The molecule has 1 heterocycles. The van der Waals surface area contributed by atoms with Crippen LogP contribution in [0.1, 0.15) is 32.4 Å². The van der Waals surface area contributed by atoms with Crippen LogP contribution in [0.3, 0.4) is 0 Å². The molecule has 0 unspecified atom stereocenters. The highest BCUT2D eigenvalue weighted by molar-refractivity contribution is 5.19. The molecule has 0 N–H and O–H groups in total. The lowest BCUT2D eigenvalue weighted by molar-refractivity contribution is 0.182. The summed E-state index contributed by atoms with van der Waals surface area (Å²) < 4.78 is 12.0. The van der Waals surface area contributed by atoms with Crippen LogP contribution in [0.25, 0.3) is 0 Å². The van der Waals surface area contributed by atoms with Crippen LogP contribution in [-0.2, 0) is 0 Å². The minimum atomic E-state index is -0.401. The number of rotatable bonds is 4. The molecule has 0 saturated carbocycles. The average Bonchev–Trinajstić information content (AvgIpc) is 2.69. The number of nitrogens with zero attached hydrogens (tertiary/aromatic N) is 1. The molecular formula is C14H17NO3. The van der Waals surface area contributed by atoms with Crippen molar-refractivity contribution in [1.82, 2.24) is 4.57 Å². The molecule has 1 aromatic carbocycles. The summed E-state index contributed by atoms with van der Waals surface area (Å²) in [6.45, 7) is 5.72. The Hall–Kier alpha value is -1.97. The highest BCUT2D eigenvalue weighted by Crippen LogP contribution is 2.19. The van der Waals surface area contributed by atoms with E-state index in [0.717, 1.165) is 5.56 Å². The molecule has 2 rings (SSSR count). The predicted octanol–water partition coefficient (Wildman–Crippen LogP) is 2.84. The van der Waals surface area contributed by atoms with Gasteiger partial charge in [0.05, 0.1) is 18.3 Å². The Bertz CT molecular complexity index is 554. The number of aromatic nitrogens is 1. The third kappa shape index (κ3) is 2.64. The zero-order chi connectivity index (χ0) is 13.1. The van der Waals surface area contributed by atoms with Gasteiger partial charge in [0.1, 0.15) is 0 Å². The van der Waals surface area contributed by atoms with E-state index in [1.807, 2.05) is 51.1 Å². The molecule has 18 heavy (non-hydrogen) atoms. The minimum absolute atomic E-state index is 0.0176. The molecule has 0 spiro atoms. The SMILES string of the molecule is CC(C)Oc1cn([C@@H](C)c2ccccc2)c(=O)o1. The number of hydrogen-bond donors (Lipinski definition) is 0. The van der Waals surface area contributed by atoms with Gasteiger partial charge in [-0.05, 0) is 26.3 Å². The van der Waals surface area contributed by atoms with Gasteiger partial charge in [-0.15, -0.1) is 0 Å². The van der Waals surface area contributed by atoms with Gasteiger partial charge in [-0.2, -0.15) is 0 Å². The van der Waals surface area contributed by atoms with Crippen molar-refractivity contribution in [3.63, 3.8) is 0 Å². The van der Waals surface area contributed by atoms with Crippen molar-refractivity contribution < 1.29 is 9.15 Å². The van der Waals surface area contributed by atoms with Crippen molar-refractivity contribution in [2.24, 2.45) is 0 Å². The number of benzene rings is 1. The fraction of sp³-hybridized carbons (Fsp3) is 0.357. The van der Waals surface area contributed by atoms with Crippen molar-refractivity contribution in [1.29, 1.82) is 0 Å². The average molecular weight is 247 g/mol. The van der Waals surface area contributed by atoms with Crippen molar-refractivity contribution in [3.8, 4) is 5.95 Å². The maximum absolute atomic E-state index is 11.8. The third-order valence-electron chi connectivity index (χ3n) is 2.69. The van der Waals surface area contributed by atoms with Crippen molar-refractivity contribution >= 4 is 0 Å². The normalized spacial score (nSPS) is 12.7. The van der Waals surface area contributed by atoms with E-state index in [0.29, 0.717) is 0 Å². The molecule has 0 amide bonds. The second-order valence-electron chi connectivity index (χ2n) is 4.48. The Balaban J connectivity index is 2.28. The van der Waals surface area contributed by atoms with Gasteiger partial charge in [-0.25, -0.2) is 4.79 Å². The van der Waals surface area contributed by atoms with Crippen LogP contribution in [0.5, 0.6) is 5.95 Å². The molecule has 0 saturated heterocycles. The fourth-order valence-electron chi connectivity index (χ4n) is 1.78. The Kier molecular flexibility index (Phi) is 3.55. The quantitative estimate of drug-likeness (QED) is 0.834. The van der Waals surface area contributed by atoms with E-state index in [4.69, 9.17) is 9.15 Å². The molecule has 96 valence electrons. The Labute approximate surface area is 106 Å². The van der Waals surface area contributed by atoms with E-state index < -0.39 is 5.76 Å². The van der Waals surface area contributed by atoms with Gasteiger partial charge >= 0.3 is 11.7 Å². The molecule has 0 aliphatic rings. The molecule has 1 aromatic heterocycles. The van der Waals surface area contributed by atoms with Crippen LogP contribution < -0.4 is 10.5 Å². The predicted molar refractivity (Wildman–Crippen MR) is 69.0 cm³/mol. The first kappa shape index (κ1) is 12.5. The lowest BCUT2D eigenvalue weighted by atomic mass is 10.1. The van der Waals surface area contributed by atoms with E-state index in [2.05, 4.69) is 0 Å². The Morgan fingerprint density at radius 2 is 1.83 bits per heavy atom. The molecule has 0 radical (unpaired) electrons. The van der Waals surface area contributed by atoms with Crippen molar-refractivity contribution in [3.05, 3.63) is 52.6 Å². The van der Waals surface area contributed by atoms with Crippen LogP contribution in [0.15, 0.2) is 45.7 Å². The van der Waals surface area contributed by atoms with Crippen molar-refractivity contribution in [2.75, 3.05) is 0 Å². The van der Waals surface area contributed by atoms with Crippen molar-refractivity contribution in [2.45, 2.75) is 32.9 Å². The summed E-state index contributed by atoms with van der Waals surface area (Å²) in [7, 11) is 0. The molecule has 4 nitrogen and oxygen atoms in total. The standard InChI is InChI=1S/C14H17NO3/c1-10(2)17-13-9-15(14(16)18-13)11(3)12-7-5-4-6-8-12/h4-11H,1-3H3/t11-/m0/s1. The van der Waals surface area contributed by atoms with Crippen LogP contribution in [0.4, 0.5) is 0 Å². The summed E-state index contributed by atoms with van der Waals surface area (Å²) in [4.78, 5) is 11.8.